The molecular weight excluding hydrogens is 189 g/mol. The van der Waals surface area contributed by atoms with E-state index < -0.39 is 0 Å². The van der Waals surface area contributed by atoms with E-state index in [0.717, 1.165) is 5.75 Å². The van der Waals surface area contributed by atoms with Gasteiger partial charge < -0.3 is 5.32 Å². The number of benzene rings is 1. The van der Waals surface area contributed by atoms with Crippen LogP contribution in [0.4, 0.5) is 14.9 Å². The molecule has 0 saturated heterocycles. The third kappa shape index (κ3) is 3.46. The van der Waals surface area contributed by atoms with Crippen LogP contribution in [-0.4, -0.2) is 11.0 Å². The Morgan fingerprint density at radius 2 is 2.08 bits per heavy atom. The van der Waals surface area contributed by atoms with Crippen LogP contribution in [0.3, 0.4) is 0 Å². The molecule has 0 aromatic heterocycles. The number of thioether (sulfide) groups is 1. The fourth-order valence-electron chi connectivity index (χ4n) is 0.818. The molecule has 0 aliphatic rings. The first kappa shape index (κ1) is 10.1. The van der Waals surface area contributed by atoms with Gasteiger partial charge in [-0.25, -0.2) is 4.39 Å². The number of hydrogen-bond acceptors (Lipinski definition) is 2. The number of nitrogens with one attached hydrogen (secondary N) is 1. The second-order valence-electron chi connectivity index (χ2n) is 2.35. The predicted molar refractivity (Wildman–Crippen MR) is 53.6 cm³/mol. The van der Waals surface area contributed by atoms with Gasteiger partial charge in [-0.05, 0) is 30.0 Å². The van der Waals surface area contributed by atoms with Crippen molar-refractivity contribution in [2.75, 3.05) is 11.1 Å². The van der Waals surface area contributed by atoms with Crippen molar-refractivity contribution < 1.29 is 9.18 Å². The maximum absolute atomic E-state index is 12.5. The summed E-state index contributed by atoms with van der Waals surface area (Å²) in [6, 6.07) is 5.69. The summed E-state index contributed by atoms with van der Waals surface area (Å²) in [5.74, 6) is 0.425. The van der Waals surface area contributed by atoms with E-state index in [9.17, 15) is 9.18 Å². The highest BCUT2D eigenvalue weighted by atomic mass is 32.2. The van der Waals surface area contributed by atoms with Gasteiger partial charge in [-0.2, -0.15) is 0 Å². The fraction of sp³-hybridized carbons (Fsp3) is 0.222. The number of halogens is 1. The van der Waals surface area contributed by atoms with E-state index in [-0.39, 0.29) is 11.1 Å². The number of carbonyl (C=O) groups is 1. The lowest BCUT2D eigenvalue weighted by atomic mass is 10.3. The van der Waals surface area contributed by atoms with Crippen molar-refractivity contribution in [3.8, 4) is 0 Å². The molecule has 0 fully saturated rings. The minimum Gasteiger partial charge on any atom is -0.317 e. The van der Waals surface area contributed by atoms with Crippen molar-refractivity contribution in [3.63, 3.8) is 0 Å². The quantitative estimate of drug-likeness (QED) is 0.792. The number of hydrogen-bond donors (Lipinski definition) is 1. The smallest absolute Gasteiger partial charge is 0.283 e. The fourth-order valence-corrected chi connectivity index (χ4v) is 1.27. The molecule has 13 heavy (non-hydrogen) atoms. The third-order valence-corrected chi connectivity index (χ3v) is 2.02. The molecule has 0 atom stereocenters. The molecular formula is C9H10FNOS. The Labute approximate surface area is 80.5 Å². The average molecular weight is 199 g/mol. The summed E-state index contributed by atoms with van der Waals surface area (Å²) < 4.78 is 12.5. The lowest BCUT2D eigenvalue weighted by Crippen LogP contribution is -2.04. The molecule has 0 unspecified atom stereocenters. The van der Waals surface area contributed by atoms with Crippen LogP contribution in [0.2, 0.25) is 0 Å². The van der Waals surface area contributed by atoms with E-state index >= 15 is 0 Å². The van der Waals surface area contributed by atoms with Crippen LogP contribution in [0.1, 0.15) is 6.92 Å². The lowest BCUT2D eigenvalue weighted by Gasteiger charge is -2.02. The largest absolute Gasteiger partial charge is 0.317 e. The van der Waals surface area contributed by atoms with Crippen LogP contribution < -0.4 is 5.32 Å². The van der Waals surface area contributed by atoms with Crippen molar-refractivity contribution >= 4 is 22.7 Å². The van der Waals surface area contributed by atoms with Gasteiger partial charge in [0.15, 0.2) is 0 Å². The molecule has 1 aromatic carbocycles. The van der Waals surface area contributed by atoms with Gasteiger partial charge in [0.25, 0.3) is 5.24 Å². The first-order valence-corrected chi connectivity index (χ1v) is 4.90. The Morgan fingerprint density at radius 1 is 1.46 bits per heavy atom. The first-order valence-electron chi connectivity index (χ1n) is 3.91. The molecule has 0 spiro atoms. The van der Waals surface area contributed by atoms with E-state index in [1.165, 1.54) is 36.0 Å². The molecule has 0 bridgehead atoms. The molecule has 1 aromatic rings. The average Bonchev–Trinajstić information content (AvgIpc) is 2.09. The topological polar surface area (TPSA) is 29.1 Å². The van der Waals surface area contributed by atoms with E-state index in [1.54, 1.807) is 0 Å². The Morgan fingerprint density at radius 3 is 2.62 bits per heavy atom. The van der Waals surface area contributed by atoms with Gasteiger partial charge in [0.1, 0.15) is 5.82 Å². The Kier molecular flexibility index (Phi) is 3.76. The molecule has 70 valence electrons. The van der Waals surface area contributed by atoms with Gasteiger partial charge in [0, 0.05) is 5.69 Å². The first-order chi connectivity index (χ1) is 6.22. The predicted octanol–water partition coefficient (Wildman–Crippen LogP) is 3.11. The molecule has 4 heteroatoms. The number of carbonyl (C=O) groups excluding carboxylic acids is 1. The van der Waals surface area contributed by atoms with Gasteiger partial charge in [0.2, 0.25) is 0 Å². The highest BCUT2D eigenvalue weighted by molar-refractivity contribution is 8.13. The zero-order chi connectivity index (χ0) is 9.68. The van der Waals surface area contributed by atoms with Crippen LogP contribution in [-0.2, 0) is 0 Å². The van der Waals surface area contributed by atoms with Crippen LogP contribution in [0.5, 0.6) is 0 Å². The second kappa shape index (κ2) is 4.87. The van der Waals surface area contributed by atoms with Crippen LogP contribution >= 0.6 is 11.8 Å². The van der Waals surface area contributed by atoms with E-state index in [2.05, 4.69) is 5.32 Å². The van der Waals surface area contributed by atoms with Gasteiger partial charge >= 0.3 is 0 Å². The van der Waals surface area contributed by atoms with Crippen molar-refractivity contribution in [1.29, 1.82) is 0 Å². The summed E-state index contributed by atoms with van der Waals surface area (Å²) in [6.45, 7) is 1.90. The Hall–Kier alpha value is -1.03. The monoisotopic (exact) mass is 199 g/mol. The zero-order valence-corrected chi connectivity index (χ0v) is 8.03. The molecule has 1 rings (SSSR count). The SMILES string of the molecule is CCSC(=O)Nc1ccc(F)cc1. The third-order valence-electron chi connectivity index (χ3n) is 1.37. The van der Waals surface area contributed by atoms with Crippen molar-refractivity contribution in [3.05, 3.63) is 30.1 Å². The highest BCUT2D eigenvalue weighted by Gasteiger charge is 2.00. The lowest BCUT2D eigenvalue weighted by molar-refractivity contribution is 0.270. The summed E-state index contributed by atoms with van der Waals surface area (Å²) in [4.78, 5) is 11.1. The molecule has 0 heterocycles. The summed E-state index contributed by atoms with van der Waals surface area (Å²) in [5.41, 5.74) is 0.618. The maximum Gasteiger partial charge on any atom is 0.283 e. The molecule has 2 nitrogen and oxygen atoms in total. The summed E-state index contributed by atoms with van der Waals surface area (Å²) in [7, 11) is 0. The Balaban J connectivity index is 2.54. The molecule has 1 N–H and O–H groups in total. The molecule has 0 radical (unpaired) electrons. The van der Waals surface area contributed by atoms with Gasteiger partial charge in [-0.1, -0.05) is 18.7 Å². The number of rotatable bonds is 2. The second-order valence-corrected chi connectivity index (χ2v) is 3.59. The molecule has 1 amide bonds. The van der Waals surface area contributed by atoms with Crippen LogP contribution in [0.25, 0.3) is 0 Å². The molecule has 0 aliphatic heterocycles. The van der Waals surface area contributed by atoms with Gasteiger partial charge in [-0.3, -0.25) is 4.79 Å². The standard InChI is InChI=1S/C9H10FNOS/c1-2-13-9(12)11-8-5-3-7(10)4-6-8/h3-6H,2H2,1H3,(H,11,12). The molecule has 0 aliphatic carbocycles. The zero-order valence-electron chi connectivity index (χ0n) is 7.21. The summed E-state index contributed by atoms with van der Waals surface area (Å²) in [5, 5.41) is 2.51. The van der Waals surface area contributed by atoms with Crippen LogP contribution in [0.15, 0.2) is 24.3 Å². The minimum atomic E-state index is -0.304. The van der Waals surface area contributed by atoms with Gasteiger partial charge in [0.05, 0.1) is 0 Å². The number of anilines is 1. The minimum absolute atomic E-state index is 0.117. The van der Waals surface area contributed by atoms with E-state index in [1.807, 2.05) is 6.92 Å². The molecule has 0 saturated carbocycles. The van der Waals surface area contributed by atoms with Gasteiger partial charge in [-0.15, -0.1) is 0 Å². The highest BCUT2D eigenvalue weighted by Crippen LogP contribution is 2.11. The van der Waals surface area contributed by atoms with Crippen LogP contribution in [0, 0.1) is 5.82 Å². The Bertz CT molecular complexity index is 286. The van der Waals surface area contributed by atoms with E-state index in [4.69, 9.17) is 0 Å². The summed E-state index contributed by atoms with van der Waals surface area (Å²) in [6.07, 6.45) is 0. The maximum atomic E-state index is 12.5. The normalized spacial score (nSPS) is 9.69. The van der Waals surface area contributed by atoms with Crippen molar-refractivity contribution in [2.24, 2.45) is 0 Å². The van der Waals surface area contributed by atoms with Crippen molar-refractivity contribution in [1.82, 2.24) is 0 Å². The summed E-state index contributed by atoms with van der Waals surface area (Å²) >= 11 is 1.19. The van der Waals surface area contributed by atoms with E-state index in [0.29, 0.717) is 5.69 Å². The van der Waals surface area contributed by atoms with Crippen molar-refractivity contribution in [2.45, 2.75) is 6.92 Å². The number of amides is 1.